The average molecular weight is 298 g/mol. The summed E-state index contributed by atoms with van der Waals surface area (Å²) in [6, 6.07) is 3.89. The maximum Gasteiger partial charge on any atom is 0.224 e. The molecular weight excluding hydrogens is 282 g/mol. The minimum Gasteiger partial charge on any atom is -0.388 e. The topological polar surface area (TPSA) is 49.3 Å². The van der Waals surface area contributed by atoms with Crippen LogP contribution in [0, 0.1) is 5.92 Å². The Hall–Kier alpha value is -0.870. The highest BCUT2D eigenvalue weighted by Crippen LogP contribution is 2.36. The van der Waals surface area contributed by atoms with Gasteiger partial charge in [0.1, 0.15) is 0 Å². The normalized spacial score (nSPS) is 16.6. The summed E-state index contributed by atoms with van der Waals surface area (Å²) in [6.45, 7) is 3.92. The van der Waals surface area contributed by atoms with Crippen LogP contribution in [0.5, 0.6) is 0 Å². The minimum atomic E-state index is -0.556. The first-order valence-corrected chi connectivity index (χ1v) is 6.58. The molecule has 1 heterocycles. The van der Waals surface area contributed by atoms with Gasteiger partial charge in [0.2, 0.25) is 5.91 Å². The Labute approximate surface area is 109 Å². The maximum atomic E-state index is 11.5. The standard InChI is InChI=1S/C13H16BrNO2/c1-7(2)13(17)10-6-9(14)5-8-3-4-11(16)15-12(8)10/h5-7,13,17H,3-4H2,1-2H3,(H,15,16). The van der Waals surface area contributed by atoms with E-state index < -0.39 is 6.10 Å². The largest absolute Gasteiger partial charge is 0.388 e. The second-order valence-corrected chi connectivity index (χ2v) is 5.68. The molecule has 0 saturated heterocycles. The van der Waals surface area contributed by atoms with Gasteiger partial charge in [0.25, 0.3) is 0 Å². The summed E-state index contributed by atoms with van der Waals surface area (Å²) in [5.41, 5.74) is 2.69. The molecule has 2 rings (SSSR count). The van der Waals surface area contributed by atoms with Crippen LogP contribution in [0.2, 0.25) is 0 Å². The van der Waals surface area contributed by atoms with Gasteiger partial charge in [-0.05, 0) is 30.0 Å². The molecule has 17 heavy (non-hydrogen) atoms. The first-order chi connectivity index (χ1) is 7.99. The Kier molecular flexibility index (Phi) is 3.54. The van der Waals surface area contributed by atoms with Crippen LogP contribution in [-0.2, 0) is 11.2 Å². The lowest BCUT2D eigenvalue weighted by Gasteiger charge is -2.25. The molecule has 4 heteroatoms. The number of aliphatic hydroxyl groups excluding tert-OH is 1. The number of anilines is 1. The van der Waals surface area contributed by atoms with E-state index in [1.807, 2.05) is 26.0 Å². The number of hydrogen-bond donors (Lipinski definition) is 2. The Morgan fingerprint density at radius 2 is 2.06 bits per heavy atom. The van der Waals surface area contributed by atoms with Crippen molar-refractivity contribution in [1.29, 1.82) is 0 Å². The molecule has 0 saturated carbocycles. The summed E-state index contributed by atoms with van der Waals surface area (Å²) < 4.78 is 0.946. The highest BCUT2D eigenvalue weighted by atomic mass is 79.9. The Morgan fingerprint density at radius 3 is 2.71 bits per heavy atom. The number of rotatable bonds is 2. The molecule has 1 atom stereocenters. The third-order valence-electron chi connectivity index (χ3n) is 3.05. The van der Waals surface area contributed by atoms with Crippen molar-refractivity contribution in [2.24, 2.45) is 5.92 Å². The summed E-state index contributed by atoms with van der Waals surface area (Å²) in [5.74, 6) is 0.143. The van der Waals surface area contributed by atoms with Crippen LogP contribution >= 0.6 is 15.9 Å². The SMILES string of the molecule is CC(C)C(O)c1cc(Br)cc2c1NC(=O)CC2. The van der Waals surface area contributed by atoms with Crippen LogP contribution < -0.4 is 5.32 Å². The van der Waals surface area contributed by atoms with Crippen LogP contribution in [0.15, 0.2) is 16.6 Å². The molecular formula is C13H16BrNO2. The molecule has 0 spiro atoms. The van der Waals surface area contributed by atoms with Crippen molar-refractivity contribution in [3.05, 3.63) is 27.7 Å². The predicted octanol–water partition coefficient (Wildman–Crippen LogP) is 3.02. The third-order valence-corrected chi connectivity index (χ3v) is 3.51. The fraction of sp³-hybridized carbons (Fsp3) is 0.462. The molecule has 0 fully saturated rings. The van der Waals surface area contributed by atoms with Gasteiger partial charge < -0.3 is 10.4 Å². The molecule has 0 aromatic heterocycles. The van der Waals surface area contributed by atoms with Crippen molar-refractivity contribution >= 4 is 27.5 Å². The highest BCUT2D eigenvalue weighted by Gasteiger charge is 2.23. The van der Waals surface area contributed by atoms with Crippen molar-refractivity contribution < 1.29 is 9.90 Å². The number of hydrogen-bond acceptors (Lipinski definition) is 2. The van der Waals surface area contributed by atoms with Gasteiger partial charge in [-0.25, -0.2) is 0 Å². The second-order valence-electron chi connectivity index (χ2n) is 4.77. The zero-order chi connectivity index (χ0) is 12.6. The van der Waals surface area contributed by atoms with Gasteiger partial charge in [-0.3, -0.25) is 4.79 Å². The fourth-order valence-electron chi connectivity index (χ4n) is 2.08. The van der Waals surface area contributed by atoms with E-state index in [4.69, 9.17) is 0 Å². The first kappa shape index (κ1) is 12.6. The van der Waals surface area contributed by atoms with Gasteiger partial charge >= 0.3 is 0 Å². The number of fused-ring (bicyclic) bond motifs is 1. The summed E-state index contributed by atoms with van der Waals surface area (Å²) in [4.78, 5) is 11.5. The van der Waals surface area contributed by atoms with Gasteiger partial charge in [0, 0.05) is 22.1 Å². The minimum absolute atomic E-state index is 0.0250. The second kappa shape index (κ2) is 4.78. The molecule has 3 nitrogen and oxygen atoms in total. The number of amides is 1. The summed E-state index contributed by atoms with van der Waals surface area (Å²) >= 11 is 3.45. The summed E-state index contributed by atoms with van der Waals surface area (Å²) in [6.07, 6.45) is 0.693. The smallest absolute Gasteiger partial charge is 0.224 e. The Morgan fingerprint density at radius 1 is 1.35 bits per heavy atom. The Balaban J connectivity index is 2.50. The zero-order valence-electron chi connectivity index (χ0n) is 9.96. The van der Waals surface area contributed by atoms with Gasteiger partial charge in [-0.1, -0.05) is 29.8 Å². The number of aliphatic hydroxyl groups is 1. The number of nitrogens with one attached hydrogen (secondary N) is 1. The van der Waals surface area contributed by atoms with Crippen LogP contribution in [0.3, 0.4) is 0 Å². The summed E-state index contributed by atoms with van der Waals surface area (Å²) in [5, 5.41) is 13.1. The lowest BCUT2D eigenvalue weighted by Crippen LogP contribution is -2.22. The number of halogens is 1. The molecule has 0 radical (unpaired) electrons. The summed E-state index contributed by atoms with van der Waals surface area (Å²) in [7, 11) is 0. The van der Waals surface area contributed by atoms with Crippen LogP contribution in [0.4, 0.5) is 5.69 Å². The van der Waals surface area contributed by atoms with E-state index in [1.54, 1.807) is 0 Å². The van der Waals surface area contributed by atoms with Crippen molar-refractivity contribution in [3.63, 3.8) is 0 Å². The monoisotopic (exact) mass is 297 g/mol. The van der Waals surface area contributed by atoms with Crippen LogP contribution in [-0.4, -0.2) is 11.0 Å². The van der Waals surface area contributed by atoms with Gasteiger partial charge in [-0.2, -0.15) is 0 Å². The molecule has 1 unspecified atom stereocenters. The van der Waals surface area contributed by atoms with E-state index in [-0.39, 0.29) is 11.8 Å². The van der Waals surface area contributed by atoms with Crippen molar-refractivity contribution in [3.8, 4) is 0 Å². The molecule has 1 aliphatic rings. The van der Waals surface area contributed by atoms with E-state index in [0.717, 1.165) is 27.7 Å². The van der Waals surface area contributed by atoms with Crippen LogP contribution in [0.1, 0.15) is 37.5 Å². The van der Waals surface area contributed by atoms with Gasteiger partial charge in [0.05, 0.1) is 6.10 Å². The lowest BCUT2D eigenvalue weighted by atomic mass is 9.92. The molecule has 2 N–H and O–H groups in total. The quantitative estimate of drug-likeness (QED) is 0.881. The van der Waals surface area contributed by atoms with E-state index >= 15 is 0 Å². The van der Waals surface area contributed by atoms with E-state index in [9.17, 15) is 9.90 Å². The molecule has 1 aromatic carbocycles. The van der Waals surface area contributed by atoms with E-state index in [0.29, 0.717) is 6.42 Å². The molecule has 92 valence electrons. The lowest BCUT2D eigenvalue weighted by molar-refractivity contribution is -0.116. The molecule has 1 amide bonds. The molecule has 1 aromatic rings. The predicted molar refractivity (Wildman–Crippen MR) is 70.9 cm³/mol. The van der Waals surface area contributed by atoms with Gasteiger partial charge in [0.15, 0.2) is 0 Å². The molecule has 1 aliphatic heterocycles. The van der Waals surface area contributed by atoms with Crippen molar-refractivity contribution in [2.45, 2.75) is 32.8 Å². The van der Waals surface area contributed by atoms with Crippen LogP contribution in [0.25, 0.3) is 0 Å². The third kappa shape index (κ3) is 2.53. The first-order valence-electron chi connectivity index (χ1n) is 5.79. The average Bonchev–Trinajstić information content (AvgIpc) is 2.27. The fourth-order valence-corrected chi connectivity index (χ4v) is 2.60. The molecule has 0 bridgehead atoms. The number of aryl methyl sites for hydroxylation is 1. The number of benzene rings is 1. The molecule has 0 aliphatic carbocycles. The van der Waals surface area contributed by atoms with Crippen molar-refractivity contribution in [2.75, 3.05) is 5.32 Å². The number of carbonyl (C=O) groups is 1. The number of carbonyl (C=O) groups excluding carboxylic acids is 1. The van der Waals surface area contributed by atoms with Gasteiger partial charge in [-0.15, -0.1) is 0 Å². The van der Waals surface area contributed by atoms with Crippen molar-refractivity contribution in [1.82, 2.24) is 0 Å². The van der Waals surface area contributed by atoms with E-state index in [1.165, 1.54) is 0 Å². The Bertz CT molecular complexity index is 457. The van der Waals surface area contributed by atoms with E-state index in [2.05, 4.69) is 21.2 Å². The zero-order valence-corrected chi connectivity index (χ0v) is 11.5. The maximum absolute atomic E-state index is 11.5. The highest BCUT2D eigenvalue weighted by molar-refractivity contribution is 9.10.